The van der Waals surface area contributed by atoms with Crippen molar-refractivity contribution in [1.29, 1.82) is 0 Å². The van der Waals surface area contributed by atoms with Gasteiger partial charge in [0.2, 0.25) is 5.91 Å². The van der Waals surface area contributed by atoms with Crippen LogP contribution in [0.1, 0.15) is 168 Å². The smallest absolute Gasteiger partial charge is 0.387 e. The molecule has 0 saturated heterocycles. The van der Waals surface area contributed by atoms with Crippen LogP contribution in [0.4, 0.5) is 0 Å². The molecule has 0 aliphatic carbocycles. The first kappa shape index (κ1) is 66.1. The Labute approximate surface area is 429 Å². The molecule has 1 amide bonds. The summed E-state index contributed by atoms with van der Waals surface area (Å²) in [5.74, 6) is -0.229. The zero-order valence-electron chi connectivity index (χ0n) is 44.7. The van der Waals surface area contributed by atoms with E-state index in [0.29, 0.717) is 23.9 Å². The molecular formula is C61H100N2O6P+. The Hall–Kier alpha value is -3.88. The average molecular weight is 988 g/mol. The minimum Gasteiger partial charge on any atom is -0.387 e. The Kier molecular flexibility index (Phi) is 47.3. The van der Waals surface area contributed by atoms with Crippen molar-refractivity contribution in [2.24, 2.45) is 0 Å². The van der Waals surface area contributed by atoms with E-state index in [1.165, 1.54) is 32.1 Å². The van der Waals surface area contributed by atoms with Crippen molar-refractivity contribution in [3.05, 3.63) is 158 Å². The lowest BCUT2D eigenvalue weighted by Crippen LogP contribution is -2.45. The van der Waals surface area contributed by atoms with E-state index in [9.17, 15) is 19.4 Å². The van der Waals surface area contributed by atoms with Gasteiger partial charge in [0.05, 0.1) is 39.9 Å². The van der Waals surface area contributed by atoms with Crippen molar-refractivity contribution >= 4 is 13.7 Å². The number of likely N-dealkylation sites (N-methyl/N-ethyl adjacent to an activating group) is 1. The number of aliphatic hydroxyl groups excluding tert-OH is 1. The minimum atomic E-state index is -4.37. The molecule has 0 heterocycles. The zero-order valence-corrected chi connectivity index (χ0v) is 45.6. The van der Waals surface area contributed by atoms with Gasteiger partial charge in [-0.1, -0.05) is 204 Å². The standard InChI is InChI=1S/C61H99N2O6P/c1-6-8-10-12-14-16-18-19-20-21-22-23-24-25-26-27-28-29-30-31-32-33-34-35-36-37-38-39-40-41-42-43-45-47-49-51-53-55-61(65)62-59(58-69-70(66,67)68-57-56-63(3,4)5)60(64)54-52-50-48-46-44-17-15-13-11-9-7-2/h8,10,14,16,19-20,22-23,25-26,28-29,31-32,34-35,37-38,40-41,43-46,52,54,59-60,64H,6-7,9,11-13,15,17-18,21,24,27,30,33,36,39,42,47-51,53,55-58H2,1-5H3,(H-,62,65,66,67)/p+1/b10-8-,16-14-,20-19-,23-22-,26-25-,29-28-,32-31-,35-34-,38-37-,41-40-,45-43-,46-44+,54-52+. The van der Waals surface area contributed by atoms with Gasteiger partial charge in [0.1, 0.15) is 13.2 Å². The number of aliphatic hydroxyl groups is 1. The number of phosphoric ester groups is 1. The van der Waals surface area contributed by atoms with Crippen molar-refractivity contribution in [3.8, 4) is 0 Å². The fourth-order valence-corrected chi connectivity index (χ4v) is 7.27. The largest absolute Gasteiger partial charge is 0.472 e. The van der Waals surface area contributed by atoms with Crippen molar-refractivity contribution in [3.63, 3.8) is 0 Å². The zero-order chi connectivity index (χ0) is 51.3. The van der Waals surface area contributed by atoms with Crippen LogP contribution in [0.25, 0.3) is 0 Å². The molecule has 8 nitrogen and oxygen atoms in total. The summed E-state index contributed by atoms with van der Waals surface area (Å²) in [6, 6.07) is -0.892. The monoisotopic (exact) mass is 988 g/mol. The maximum atomic E-state index is 12.9. The molecule has 0 spiro atoms. The number of hydrogen-bond donors (Lipinski definition) is 3. The Balaban J connectivity index is 4.26. The lowest BCUT2D eigenvalue weighted by molar-refractivity contribution is -0.870. The molecule has 394 valence electrons. The van der Waals surface area contributed by atoms with Crippen molar-refractivity contribution < 1.29 is 32.9 Å². The maximum absolute atomic E-state index is 12.9. The van der Waals surface area contributed by atoms with Crippen LogP contribution >= 0.6 is 7.82 Å². The highest BCUT2D eigenvalue weighted by atomic mass is 31.2. The maximum Gasteiger partial charge on any atom is 0.472 e. The van der Waals surface area contributed by atoms with Crippen LogP contribution in [0.2, 0.25) is 0 Å². The minimum absolute atomic E-state index is 0.0400. The molecule has 0 radical (unpaired) electrons. The number of amides is 1. The number of unbranched alkanes of at least 4 members (excludes halogenated alkanes) is 9. The summed E-state index contributed by atoms with van der Waals surface area (Å²) in [6.45, 7) is 4.59. The first-order chi connectivity index (χ1) is 34.0. The van der Waals surface area contributed by atoms with Gasteiger partial charge < -0.3 is 19.8 Å². The van der Waals surface area contributed by atoms with Gasteiger partial charge >= 0.3 is 7.82 Å². The molecule has 0 saturated carbocycles. The molecule has 0 aromatic rings. The van der Waals surface area contributed by atoms with Crippen LogP contribution in [0.3, 0.4) is 0 Å². The Morgan fingerprint density at radius 2 is 0.871 bits per heavy atom. The highest BCUT2D eigenvalue weighted by Crippen LogP contribution is 2.43. The highest BCUT2D eigenvalue weighted by Gasteiger charge is 2.27. The summed E-state index contributed by atoms with van der Waals surface area (Å²) in [5, 5.41) is 13.8. The van der Waals surface area contributed by atoms with Gasteiger partial charge in [-0.2, -0.15) is 0 Å². The van der Waals surface area contributed by atoms with Crippen LogP contribution in [-0.2, 0) is 18.4 Å². The molecule has 3 N–H and O–H groups in total. The quantitative estimate of drug-likeness (QED) is 0.0243. The summed E-state index contributed by atoms with van der Waals surface area (Å²) in [7, 11) is 1.50. The summed E-state index contributed by atoms with van der Waals surface area (Å²) in [4.78, 5) is 23.2. The van der Waals surface area contributed by atoms with Gasteiger partial charge in [0, 0.05) is 6.42 Å². The first-order valence-corrected chi connectivity index (χ1v) is 28.4. The van der Waals surface area contributed by atoms with E-state index < -0.39 is 20.0 Å². The van der Waals surface area contributed by atoms with E-state index in [2.05, 4.69) is 165 Å². The average Bonchev–Trinajstić information content (AvgIpc) is 3.32. The van der Waals surface area contributed by atoms with Crippen LogP contribution in [0.5, 0.6) is 0 Å². The second-order valence-electron chi connectivity index (χ2n) is 18.5. The molecule has 3 atom stereocenters. The number of hydrogen-bond acceptors (Lipinski definition) is 5. The number of nitrogens with one attached hydrogen (secondary N) is 1. The van der Waals surface area contributed by atoms with E-state index in [-0.39, 0.29) is 19.1 Å². The Morgan fingerprint density at radius 1 is 0.500 bits per heavy atom. The molecule has 0 rings (SSSR count). The molecule has 9 heteroatoms. The molecule has 0 aromatic carbocycles. The first-order valence-electron chi connectivity index (χ1n) is 26.9. The number of phosphoric acid groups is 1. The van der Waals surface area contributed by atoms with E-state index in [1.54, 1.807) is 6.08 Å². The number of nitrogens with zero attached hydrogens (tertiary/aromatic N) is 1. The predicted octanol–water partition coefficient (Wildman–Crippen LogP) is 16.3. The van der Waals surface area contributed by atoms with Gasteiger partial charge in [-0.05, 0) is 116 Å². The summed E-state index contributed by atoms with van der Waals surface area (Å²) >= 11 is 0. The second-order valence-corrected chi connectivity index (χ2v) is 20.0. The summed E-state index contributed by atoms with van der Waals surface area (Å²) in [6.07, 6.45) is 79.2. The molecule has 0 aliphatic rings. The van der Waals surface area contributed by atoms with Gasteiger partial charge in [-0.25, -0.2) is 4.57 Å². The van der Waals surface area contributed by atoms with Crippen molar-refractivity contribution in [2.75, 3.05) is 40.9 Å². The lowest BCUT2D eigenvalue weighted by atomic mass is 10.1. The fraction of sp³-hybridized carbons (Fsp3) is 0.557. The van der Waals surface area contributed by atoms with Crippen molar-refractivity contribution in [2.45, 2.75) is 180 Å². The van der Waals surface area contributed by atoms with E-state index in [0.717, 1.165) is 109 Å². The third kappa shape index (κ3) is 52.0. The third-order valence-electron chi connectivity index (χ3n) is 10.7. The van der Waals surface area contributed by atoms with Crippen LogP contribution in [0, 0.1) is 0 Å². The predicted molar refractivity (Wildman–Crippen MR) is 304 cm³/mol. The molecule has 0 aromatic heterocycles. The molecule has 0 bridgehead atoms. The lowest BCUT2D eigenvalue weighted by Gasteiger charge is -2.25. The van der Waals surface area contributed by atoms with Crippen molar-refractivity contribution in [1.82, 2.24) is 5.32 Å². The highest BCUT2D eigenvalue weighted by molar-refractivity contribution is 7.47. The Bertz CT molecular complexity index is 1690. The third-order valence-corrected chi connectivity index (χ3v) is 11.7. The second kappa shape index (κ2) is 50.1. The number of rotatable bonds is 46. The molecular weight excluding hydrogens is 888 g/mol. The van der Waals surface area contributed by atoms with Gasteiger partial charge in [0.15, 0.2) is 0 Å². The topological polar surface area (TPSA) is 105 Å². The normalized spacial score (nSPS) is 15.2. The molecule has 0 aliphatic heterocycles. The van der Waals surface area contributed by atoms with Gasteiger partial charge in [-0.3, -0.25) is 13.8 Å². The molecule has 3 unspecified atom stereocenters. The fourth-order valence-electron chi connectivity index (χ4n) is 6.53. The summed E-state index contributed by atoms with van der Waals surface area (Å²) in [5.41, 5.74) is 0. The summed E-state index contributed by atoms with van der Waals surface area (Å²) < 4.78 is 23.5. The van der Waals surface area contributed by atoms with Crippen LogP contribution in [0.15, 0.2) is 158 Å². The van der Waals surface area contributed by atoms with E-state index in [4.69, 9.17) is 9.05 Å². The molecule has 70 heavy (non-hydrogen) atoms. The number of carbonyl (C=O) groups is 1. The van der Waals surface area contributed by atoms with Gasteiger partial charge in [0.25, 0.3) is 0 Å². The SMILES string of the molecule is CC/C=C\C/C=C\C/C=C\C/C=C\C/C=C\C/C=C\C/C=C\C/C=C\C/C=C\C/C=C\C/C=C\CCCCCC(=O)NC(COP(=O)(O)OCC[N+](C)(C)C)C(O)/C=C/CC/C=C/CCCCCCC. The molecule has 0 fully saturated rings. The van der Waals surface area contributed by atoms with Gasteiger partial charge in [-0.15, -0.1) is 0 Å². The van der Waals surface area contributed by atoms with E-state index >= 15 is 0 Å². The Morgan fingerprint density at radius 3 is 1.30 bits per heavy atom. The van der Waals surface area contributed by atoms with Crippen LogP contribution < -0.4 is 5.32 Å². The number of allylic oxidation sites excluding steroid dienone is 25. The van der Waals surface area contributed by atoms with Crippen LogP contribution in [-0.4, -0.2) is 73.4 Å². The van der Waals surface area contributed by atoms with E-state index in [1.807, 2.05) is 27.2 Å². The number of carbonyl (C=O) groups excluding carboxylic acids is 1. The number of quaternary nitrogens is 1.